The minimum atomic E-state index is -2.27. The molecule has 0 fully saturated rings. The van der Waals surface area contributed by atoms with Gasteiger partial charge in [0.25, 0.3) is 0 Å². The van der Waals surface area contributed by atoms with Crippen molar-refractivity contribution in [3.05, 3.63) is 6.42 Å². The number of carbonyl (C=O) groups excluding carboxylic acids is 5. The molecule has 0 amide bonds. The summed E-state index contributed by atoms with van der Waals surface area (Å²) in [5, 5.41) is 64.0. The standard InChI is InChI=1S/C6H14O.6C4H8O2.C3H8O.C3H7.3H2O.2O.2Zr/c1-5(2)7-6(3)4;6*1-3(2)4(5)6;1-3(2)4;1-3-2;;;;;;;/h5-6H,1-4H3;6*3H,1-2H3,(H,5,6);3-4H,1-2H3;3H,1-2H3;3*1H2;;;;/q;;;;;;;;-1;;;;;;;/p-5. The quantitative estimate of drug-likeness (QED) is 0.259. The summed E-state index contributed by atoms with van der Waals surface area (Å²) in [5.74, 6) is -7.64. The number of aliphatic hydroxyl groups is 1. The third-order valence-corrected chi connectivity index (χ3v) is 3.40. The van der Waals surface area contributed by atoms with Crippen molar-refractivity contribution in [2.75, 3.05) is 0 Å². The molecule has 57 heavy (non-hydrogen) atoms. The van der Waals surface area contributed by atoms with E-state index in [0.717, 1.165) is 0 Å². The van der Waals surface area contributed by atoms with Crippen molar-refractivity contribution in [3.63, 3.8) is 0 Å². The molecule has 19 nitrogen and oxygen atoms in total. The number of carboxylic acids is 6. The van der Waals surface area contributed by atoms with Crippen LogP contribution in [0.3, 0.4) is 0 Å². The summed E-state index contributed by atoms with van der Waals surface area (Å²) >= 11 is -2.27. The molecule has 0 bridgehead atoms. The molecule has 0 aromatic carbocycles. The number of hydrogen-bond donors (Lipinski definition) is 2. The molecule has 0 saturated carbocycles. The summed E-state index contributed by atoms with van der Waals surface area (Å²) in [4.78, 5) is 57.6. The monoisotopic (exact) mass is 994 g/mol. The molecule has 0 aromatic heterocycles. The minimum Gasteiger partial charge on any atom is 0 e. The van der Waals surface area contributed by atoms with Gasteiger partial charge in [-0.2, -0.15) is 13.8 Å². The summed E-state index contributed by atoms with van der Waals surface area (Å²) in [6.07, 6.45) is 2.58. The van der Waals surface area contributed by atoms with Crippen LogP contribution in [0.25, 0.3) is 0 Å². The minimum absolute atomic E-state index is 0. The summed E-state index contributed by atoms with van der Waals surface area (Å²) in [5.41, 5.74) is 0. The zero-order valence-electron chi connectivity index (χ0n) is 37.9. The van der Waals surface area contributed by atoms with Crippen molar-refractivity contribution < 1.29 is 141 Å². The van der Waals surface area contributed by atoms with Crippen LogP contribution in [0, 0.1) is 41.9 Å². The Balaban J connectivity index is -0.0000000301. The molecule has 0 rings (SSSR count). The van der Waals surface area contributed by atoms with Gasteiger partial charge in [0.05, 0.1) is 18.1 Å². The van der Waals surface area contributed by atoms with Gasteiger partial charge in [-0.1, -0.05) is 83.1 Å². The normalized spacial score (nSPS) is 8.25. The first-order valence-electron chi connectivity index (χ1n) is 16.9. The summed E-state index contributed by atoms with van der Waals surface area (Å²) < 4.78 is 22.3. The van der Waals surface area contributed by atoms with Crippen LogP contribution in [0.15, 0.2) is 0 Å². The number of carboxylic acid groups (broad SMARTS) is 6. The van der Waals surface area contributed by atoms with Crippen LogP contribution in [0.1, 0.15) is 138 Å². The van der Waals surface area contributed by atoms with Crippen molar-refractivity contribution >= 4 is 35.8 Å². The maximum atomic E-state index is 9.70. The van der Waals surface area contributed by atoms with E-state index in [1.54, 1.807) is 96.9 Å². The topological polar surface area (TPSA) is 396 Å². The second kappa shape index (κ2) is 71.7. The molecule has 0 aromatic rings. The van der Waals surface area contributed by atoms with Crippen LogP contribution in [0.2, 0.25) is 0 Å². The van der Waals surface area contributed by atoms with Crippen LogP contribution in [0.5, 0.6) is 0 Å². The van der Waals surface area contributed by atoms with E-state index in [2.05, 4.69) is 0 Å². The summed E-state index contributed by atoms with van der Waals surface area (Å²) in [7, 11) is 0. The number of aliphatic hydroxyl groups excluding tert-OH is 1. The number of hydrogen-bond acceptors (Lipinski definition) is 15. The number of carbonyl (C=O) groups is 6. The largest absolute Gasteiger partial charge is 0 e. The van der Waals surface area contributed by atoms with E-state index in [1.165, 1.54) is 0 Å². The average molecular weight is 997 g/mol. The van der Waals surface area contributed by atoms with Crippen LogP contribution < -0.4 is 25.5 Å². The second-order valence-electron chi connectivity index (χ2n) is 12.8. The fraction of sp³-hybridized carbons (Fsp3) is 0.806. The number of rotatable bonds is 8. The number of ether oxygens (including phenoxy) is 1. The third-order valence-electron chi connectivity index (χ3n) is 3.40. The van der Waals surface area contributed by atoms with Crippen molar-refractivity contribution in [1.82, 2.24) is 0 Å². The van der Waals surface area contributed by atoms with Gasteiger partial charge in [-0.25, -0.2) is 0 Å². The molecule has 0 aliphatic heterocycles. The second-order valence-corrected chi connectivity index (χ2v) is 13.3. The van der Waals surface area contributed by atoms with Gasteiger partial charge in [0.1, 0.15) is 0 Å². The SMILES string of the molecule is CC(C)C(=O)O.CC(C)C(=O)[O-].CC(C)C(=O)[O-].CC(C)C(=O)[O-].CC(C)C(=O)[O-].CC(C)C(=O)[O-].CC(C)O.CC(C)OC(C)C.C[CH-]C.O.O.O.[O]=[Zr]=[O].[Zr]. The Kier molecular flexibility index (Phi) is 120. The summed E-state index contributed by atoms with van der Waals surface area (Å²) in [6.45, 7) is 34.7. The molecule has 0 radical (unpaired) electrons. The first-order chi connectivity index (χ1) is 23.5. The van der Waals surface area contributed by atoms with Gasteiger partial charge >= 0.3 is 34.8 Å². The molecule has 0 aliphatic carbocycles. The van der Waals surface area contributed by atoms with Gasteiger partial charge < -0.3 is 87.3 Å². The van der Waals surface area contributed by atoms with Gasteiger partial charge in [0, 0.05) is 62.2 Å². The molecule has 0 unspecified atom stereocenters. The van der Waals surface area contributed by atoms with Gasteiger partial charge in [-0.05, 0) is 71.1 Å². The third kappa shape index (κ3) is 216. The number of aliphatic carboxylic acids is 6. The van der Waals surface area contributed by atoms with Crippen LogP contribution in [-0.4, -0.2) is 80.8 Å². The molecule has 0 heterocycles. The maximum absolute atomic E-state index is 9.70. The first kappa shape index (κ1) is 95.4. The fourth-order valence-electron chi connectivity index (χ4n) is 0.544. The van der Waals surface area contributed by atoms with Crippen LogP contribution in [-0.2, 0) is 88.6 Å². The Hall–Kier alpha value is -2.01. The molecule has 0 aliphatic rings. The van der Waals surface area contributed by atoms with Crippen molar-refractivity contribution in [3.8, 4) is 0 Å². The average Bonchev–Trinajstić information content (AvgIpc) is 2.94. The Labute approximate surface area is 373 Å². The van der Waals surface area contributed by atoms with Crippen molar-refractivity contribution in [2.24, 2.45) is 35.5 Å². The van der Waals surface area contributed by atoms with Crippen molar-refractivity contribution in [2.45, 2.75) is 157 Å². The van der Waals surface area contributed by atoms with E-state index in [1.807, 2.05) is 48.0 Å². The first-order valence-corrected chi connectivity index (χ1v) is 18.9. The van der Waals surface area contributed by atoms with E-state index in [0.29, 0.717) is 12.2 Å². The molecule has 0 atom stereocenters. The Bertz CT molecular complexity index is 737. The van der Waals surface area contributed by atoms with Gasteiger partial charge in [0.2, 0.25) is 0 Å². The Morgan fingerprint density at radius 2 is 0.526 bits per heavy atom. The van der Waals surface area contributed by atoms with Gasteiger partial charge in [0.15, 0.2) is 0 Å². The predicted molar refractivity (Wildman–Crippen MR) is 198 cm³/mol. The maximum Gasteiger partial charge on any atom is 0 e. The van der Waals surface area contributed by atoms with Crippen LogP contribution in [0.4, 0.5) is 0 Å². The zero-order chi connectivity index (χ0) is 45.8. The summed E-state index contributed by atoms with van der Waals surface area (Å²) in [6, 6.07) is 0. The Morgan fingerprint density at radius 3 is 0.526 bits per heavy atom. The van der Waals surface area contributed by atoms with Gasteiger partial charge in [-0.15, -0.1) is 0 Å². The van der Waals surface area contributed by atoms with Crippen LogP contribution >= 0.6 is 0 Å². The van der Waals surface area contributed by atoms with E-state index in [9.17, 15) is 54.3 Å². The molecule has 350 valence electrons. The van der Waals surface area contributed by atoms with E-state index in [-0.39, 0.29) is 84.2 Å². The fourth-order valence-corrected chi connectivity index (χ4v) is 0.544. The molecular weight excluding hydrogens is 919 g/mol. The van der Waals surface area contributed by atoms with Gasteiger partial charge in [-0.3, -0.25) is 4.79 Å². The van der Waals surface area contributed by atoms with E-state index >= 15 is 0 Å². The van der Waals surface area contributed by atoms with Crippen molar-refractivity contribution in [1.29, 1.82) is 0 Å². The Morgan fingerprint density at radius 1 is 0.456 bits per heavy atom. The van der Waals surface area contributed by atoms with E-state index in [4.69, 9.17) is 20.6 Å². The zero-order valence-corrected chi connectivity index (χ0v) is 42.8. The molecular formula is C36H78O19Zr2-6. The van der Waals surface area contributed by atoms with E-state index < -0.39 is 59.1 Å². The molecule has 8 N–H and O–H groups in total. The predicted octanol–water partition coefficient (Wildman–Crippen LogP) is -1.59. The molecule has 0 saturated heterocycles. The molecule has 0 spiro atoms. The smallest absolute Gasteiger partial charge is 0 e. The molecule has 21 heteroatoms.